The number of halogens is 1. The van der Waals surface area contributed by atoms with Crippen LogP contribution in [0.25, 0.3) is 0 Å². The van der Waals surface area contributed by atoms with E-state index in [0.717, 1.165) is 12.8 Å². The molecule has 0 spiro atoms. The van der Waals surface area contributed by atoms with Crippen molar-refractivity contribution in [2.75, 3.05) is 6.61 Å². The zero-order valence-corrected chi connectivity index (χ0v) is 11.7. The van der Waals surface area contributed by atoms with Crippen LogP contribution in [0, 0.1) is 5.82 Å². The van der Waals surface area contributed by atoms with E-state index in [-0.39, 0.29) is 17.5 Å². The summed E-state index contributed by atoms with van der Waals surface area (Å²) < 4.78 is 19.1. The molecule has 19 heavy (non-hydrogen) atoms. The van der Waals surface area contributed by atoms with Gasteiger partial charge in [0.1, 0.15) is 5.82 Å². The monoisotopic (exact) mass is 283 g/mol. The van der Waals surface area contributed by atoms with Gasteiger partial charge in [-0.05, 0) is 30.3 Å². The van der Waals surface area contributed by atoms with E-state index >= 15 is 0 Å². The van der Waals surface area contributed by atoms with Crippen LogP contribution in [0.5, 0.6) is 0 Å². The molecule has 0 heterocycles. The maximum absolute atomic E-state index is 13.7. The first-order valence-corrected chi connectivity index (χ1v) is 6.49. The van der Waals surface area contributed by atoms with Gasteiger partial charge in [-0.15, -0.1) is 0 Å². The van der Waals surface area contributed by atoms with E-state index in [9.17, 15) is 4.39 Å². The van der Waals surface area contributed by atoms with Gasteiger partial charge in [0.2, 0.25) is 0 Å². The minimum atomic E-state index is -0.309. The molecule has 0 saturated carbocycles. The summed E-state index contributed by atoms with van der Waals surface area (Å²) in [5.74, 6) is -0.309. The van der Waals surface area contributed by atoms with Crippen LogP contribution in [0.4, 0.5) is 4.39 Å². The van der Waals surface area contributed by atoms with E-state index in [2.05, 4.69) is 29.7 Å². The number of benzene rings is 1. The summed E-state index contributed by atoms with van der Waals surface area (Å²) in [5.41, 5.74) is 8.78. The normalized spacial score (nSPS) is 10.8. The molecule has 0 bridgehead atoms. The van der Waals surface area contributed by atoms with Crippen LogP contribution in [-0.4, -0.2) is 17.9 Å². The number of nitrogens with two attached hydrogens (primary N) is 1. The van der Waals surface area contributed by atoms with E-state index < -0.39 is 0 Å². The van der Waals surface area contributed by atoms with Crippen molar-refractivity contribution in [3.8, 4) is 0 Å². The van der Waals surface area contributed by atoms with Gasteiger partial charge < -0.3 is 10.5 Å². The third-order valence-electron chi connectivity index (χ3n) is 2.37. The molecule has 0 amide bonds. The Morgan fingerprint density at radius 1 is 1.58 bits per heavy atom. The number of ether oxygens (including phenoxy) is 1. The molecule has 0 unspecified atom stereocenters. The van der Waals surface area contributed by atoms with Crippen molar-refractivity contribution in [1.29, 1.82) is 0 Å². The Morgan fingerprint density at radius 2 is 2.37 bits per heavy atom. The number of nitrogens with one attached hydrogen (secondary N) is 1. The first-order valence-electron chi connectivity index (χ1n) is 6.08. The number of hydrazone groups is 1. The van der Waals surface area contributed by atoms with Crippen molar-refractivity contribution in [1.82, 2.24) is 5.43 Å². The molecule has 0 radical (unpaired) electrons. The Balaban J connectivity index is 2.54. The topological polar surface area (TPSA) is 59.6 Å². The average Bonchev–Trinajstić information content (AvgIpc) is 2.36. The van der Waals surface area contributed by atoms with Gasteiger partial charge in [-0.3, -0.25) is 5.43 Å². The Labute approximate surface area is 117 Å². The Hall–Kier alpha value is -1.53. The van der Waals surface area contributed by atoms with Crippen LogP contribution < -0.4 is 11.2 Å². The van der Waals surface area contributed by atoms with Gasteiger partial charge in [0.05, 0.1) is 12.8 Å². The zero-order valence-electron chi connectivity index (χ0n) is 10.9. The first kappa shape index (κ1) is 15.5. The van der Waals surface area contributed by atoms with Crippen molar-refractivity contribution >= 4 is 23.5 Å². The van der Waals surface area contributed by atoms with Crippen LogP contribution in [0.1, 0.15) is 30.9 Å². The molecule has 1 aromatic carbocycles. The van der Waals surface area contributed by atoms with Gasteiger partial charge in [-0.1, -0.05) is 25.5 Å². The second-order valence-corrected chi connectivity index (χ2v) is 4.43. The summed E-state index contributed by atoms with van der Waals surface area (Å²) in [7, 11) is 0. The molecule has 0 atom stereocenters. The highest BCUT2D eigenvalue weighted by Gasteiger charge is 2.03. The van der Waals surface area contributed by atoms with Crippen LogP contribution in [0.3, 0.4) is 0 Å². The molecule has 0 aromatic heterocycles. The summed E-state index contributed by atoms with van der Waals surface area (Å²) in [6.07, 6.45) is 3.49. The van der Waals surface area contributed by atoms with Gasteiger partial charge in [0.15, 0.2) is 5.11 Å². The molecule has 1 rings (SSSR count). The molecular formula is C13H18FN3OS. The van der Waals surface area contributed by atoms with Crippen LogP contribution in [0.2, 0.25) is 0 Å². The highest BCUT2D eigenvalue weighted by atomic mass is 32.1. The Bertz CT molecular complexity index is 452. The fourth-order valence-corrected chi connectivity index (χ4v) is 1.41. The number of hydrogen-bond acceptors (Lipinski definition) is 3. The van der Waals surface area contributed by atoms with Gasteiger partial charge in [-0.25, -0.2) is 4.39 Å². The predicted molar refractivity (Wildman–Crippen MR) is 78.5 cm³/mol. The Kier molecular flexibility index (Phi) is 6.99. The van der Waals surface area contributed by atoms with Crippen LogP contribution >= 0.6 is 12.2 Å². The zero-order chi connectivity index (χ0) is 14.1. The average molecular weight is 283 g/mol. The molecule has 0 aliphatic heterocycles. The number of hydrogen-bond donors (Lipinski definition) is 2. The van der Waals surface area contributed by atoms with Gasteiger partial charge >= 0.3 is 0 Å². The lowest BCUT2D eigenvalue weighted by Gasteiger charge is -2.05. The minimum absolute atomic E-state index is 0.0673. The fraction of sp³-hybridized carbons (Fsp3) is 0.385. The van der Waals surface area contributed by atoms with Crippen molar-refractivity contribution in [3.05, 3.63) is 35.1 Å². The quantitative estimate of drug-likeness (QED) is 0.349. The summed E-state index contributed by atoms with van der Waals surface area (Å²) in [4.78, 5) is 0. The van der Waals surface area contributed by atoms with E-state index in [0.29, 0.717) is 17.7 Å². The third-order valence-corrected chi connectivity index (χ3v) is 2.46. The maximum atomic E-state index is 13.7. The van der Waals surface area contributed by atoms with Crippen molar-refractivity contribution in [2.24, 2.45) is 10.8 Å². The Morgan fingerprint density at radius 3 is 3.00 bits per heavy atom. The molecule has 0 aliphatic rings. The molecule has 1 aromatic rings. The molecule has 3 N–H and O–H groups in total. The summed E-state index contributed by atoms with van der Waals surface area (Å²) in [5, 5.41) is 3.83. The maximum Gasteiger partial charge on any atom is 0.184 e. The van der Waals surface area contributed by atoms with E-state index in [1.807, 2.05) is 0 Å². The second-order valence-electron chi connectivity index (χ2n) is 3.99. The number of unbranched alkanes of at least 4 members (excludes halogenated alkanes) is 1. The van der Waals surface area contributed by atoms with Crippen molar-refractivity contribution in [3.63, 3.8) is 0 Å². The lowest BCUT2D eigenvalue weighted by molar-refractivity contribution is 0.116. The van der Waals surface area contributed by atoms with Crippen LogP contribution in [-0.2, 0) is 11.3 Å². The standard InChI is InChI=1S/C13H18FN3OS/c1-2-3-6-18-9-11-5-4-10(7-12(11)14)8-16-17-13(15)19/h4-5,7-8H,2-3,6,9H2,1H3,(H3,15,17,19). The van der Waals surface area contributed by atoms with E-state index in [1.54, 1.807) is 12.1 Å². The molecule has 0 aliphatic carbocycles. The van der Waals surface area contributed by atoms with Crippen molar-refractivity contribution < 1.29 is 9.13 Å². The van der Waals surface area contributed by atoms with E-state index in [1.165, 1.54) is 12.3 Å². The lowest BCUT2D eigenvalue weighted by atomic mass is 10.1. The van der Waals surface area contributed by atoms with E-state index in [4.69, 9.17) is 10.5 Å². The van der Waals surface area contributed by atoms with Gasteiger partial charge in [0, 0.05) is 12.2 Å². The number of rotatable bonds is 7. The van der Waals surface area contributed by atoms with Gasteiger partial charge in [-0.2, -0.15) is 5.10 Å². The SMILES string of the molecule is CCCCOCc1ccc(C=NNC(N)=S)cc1F. The molecule has 0 fully saturated rings. The third kappa shape index (κ3) is 6.26. The molecule has 0 saturated heterocycles. The fourth-order valence-electron chi connectivity index (χ4n) is 1.36. The first-order chi connectivity index (χ1) is 9.13. The molecule has 4 nitrogen and oxygen atoms in total. The smallest absolute Gasteiger partial charge is 0.184 e. The summed E-state index contributed by atoms with van der Waals surface area (Å²) in [6.45, 7) is 3.02. The molecular weight excluding hydrogens is 265 g/mol. The highest BCUT2D eigenvalue weighted by molar-refractivity contribution is 7.80. The van der Waals surface area contributed by atoms with Gasteiger partial charge in [0.25, 0.3) is 0 Å². The lowest BCUT2D eigenvalue weighted by Crippen LogP contribution is -2.24. The minimum Gasteiger partial charge on any atom is -0.377 e. The van der Waals surface area contributed by atoms with Crippen LogP contribution in [0.15, 0.2) is 23.3 Å². The number of thiocarbonyl (C=S) groups is 1. The predicted octanol–water partition coefficient (Wildman–Crippen LogP) is 2.31. The largest absolute Gasteiger partial charge is 0.377 e. The number of nitrogens with zero attached hydrogens (tertiary/aromatic N) is 1. The molecule has 6 heteroatoms. The second kappa shape index (κ2) is 8.55. The molecule has 104 valence electrons. The summed E-state index contributed by atoms with van der Waals surface area (Å²) >= 11 is 4.59. The van der Waals surface area contributed by atoms with Crippen molar-refractivity contribution in [2.45, 2.75) is 26.4 Å². The highest BCUT2D eigenvalue weighted by Crippen LogP contribution is 2.11. The summed E-state index contributed by atoms with van der Waals surface area (Å²) in [6, 6.07) is 4.83.